The first-order valence-corrected chi connectivity index (χ1v) is 6.92. The van der Waals surface area contributed by atoms with Gasteiger partial charge in [0.2, 0.25) is 0 Å². The minimum atomic E-state index is 0.414. The van der Waals surface area contributed by atoms with Crippen LogP contribution in [0.2, 0.25) is 0 Å². The zero-order valence-corrected chi connectivity index (χ0v) is 12.6. The van der Waals surface area contributed by atoms with Crippen LogP contribution < -0.4 is 11.1 Å². The number of nitrogens with two attached hydrogens (primary N) is 1. The molecule has 0 saturated heterocycles. The molecule has 0 amide bonds. The predicted molar refractivity (Wildman–Crippen MR) is 78.2 cm³/mol. The molecule has 0 aliphatic rings. The van der Waals surface area contributed by atoms with Crippen LogP contribution in [0.5, 0.6) is 0 Å². The fourth-order valence-corrected chi connectivity index (χ4v) is 2.20. The number of hydrogen-bond acceptors (Lipinski definition) is 3. The Balaban J connectivity index is 2.72. The Morgan fingerprint density at radius 1 is 1.47 bits per heavy atom. The molecule has 0 aromatic carbocycles. The van der Waals surface area contributed by atoms with Crippen LogP contribution in [0.3, 0.4) is 0 Å². The van der Waals surface area contributed by atoms with E-state index in [-0.39, 0.29) is 0 Å². The molecule has 96 valence electrons. The summed E-state index contributed by atoms with van der Waals surface area (Å²) in [7, 11) is 0. The molecule has 3 N–H and O–H groups in total. The maximum atomic E-state index is 5.80. The molecule has 1 rings (SSSR count). The standard InChI is InChI=1S/C13H22BrN3/c1-5-8(2)6-9(3)17-13-12(14)10(4)11(15)7-16-13/h7-9H,5-6,15H2,1-4H3,(H,16,17). The van der Waals surface area contributed by atoms with E-state index in [9.17, 15) is 0 Å². The highest BCUT2D eigenvalue weighted by Gasteiger charge is 2.11. The molecular weight excluding hydrogens is 278 g/mol. The van der Waals surface area contributed by atoms with Crippen molar-refractivity contribution in [2.24, 2.45) is 5.92 Å². The summed E-state index contributed by atoms with van der Waals surface area (Å²) in [5.41, 5.74) is 7.56. The summed E-state index contributed by atoms with van der Waals surface area (Å²) in [6.45, 7) is 8.67. The van der Waals surface area contributed by atoms with Crippen LogP contribution in [-0.2, 0) is 0 Å². The average Bonchev–Trinajstić information content (AvgIpc) is 2.29. The first-order chi connectivity index (χ1) is 7.95. The molecule has 0 saturated carbocycles. The summed E-state index contributed by atoms with van der Waals surface area (Å²) in [4.78, 5) is 4.33. The highest BCUT2D eigenvalue weighted by Crippen LogP contribution is 2.28. The van der Waals surface area contributed by atoms with Crippen LogP contribution in [0.4, 0.5) is 11.5 Å². The number of anilines is 2. The molecular formula is C13H22BrN3. The molecule has 17 heavy (non-hydrogen) atoms. The van der Waals surface area contributed by atoms with Crippen LogP contribution in [0, 0.1) is 12.8 Å². The Hall–Kier alpha value is -0.770. The van der Waals surface area contributed by atoms with Gasteiger partial charge in [-0.15, -0.1) is 0 Å². The third kappa shape index (κ3) is 3.87. The van der Waals surface area contributed by atoms with Crippen LogP contribution in [0.25, 0.3) is 0 Å². The molecule has 4 heteroatoms. The zero-order chi connectivity index (χ0) is 13.0. The van der Waals surface area contributed by atoms with E-state index in [1.807, 2.05) is 6.92 Å². The Labute approximate surface area is 112 Å². The smallest absolute Gasteiger partial charge is 0.140 e. The molecule has 1 heterocycles. The van der Waals surface area contributed by atoms with Crippen molar-refractivity contribution < 1.29 is 0 Å². The van der Waals surface area contributed by atoms with Gasteiger partial charge in [-0.3, -0.25) is 0 Å². The van der Waals surface area contributed by atoms with Crippen LogP contribution in [0.1, 0.15) is 39.2 Å². The lowest BCUT2D eigenvalue weighted by Gasteiger charge is -2.19. The fraction of sp³-hybridized carbons (Fsp3) is 0.615. The monoisotopic (exact) mass is 299 g/mol. The third-order valence-corrected chi connectivity index (χ3v) is 4.11. The summed E-state index contributed by atoms with van der Waals surface area (Å²) in [5.74, 6) is 1.61. The summed E-state index contributed by atoms with van der Waals surface area (Å²) < 4.78 is 0.966. The van der Waals surface area contributed by atoms with Gasteiger partial charge in [-0.05, 0) is 47.7 Å². The topological polar surface area (TPSA) is 50.9 Å². The Morgan fingerprint density at radius 2 is 2.12 bits per heavy atom. The van der Waals surface area contributed by atoms with Gasteiger partial charge in [-0.2, -0.15) is 0 Å². The second kappa shape index (κ2) is 6.24. The first kappa shape index (κ1) is 14.3. The lowest BCUT2D eigenvalue weighted by molar-refractivity contribution is 0.483. The van der Waals surface area contributed by atoms with E-state index in [1.54, 1.807) is 6.20 Å². The van der Waals surface area contributed by atoms with E-state index >= 15 is 0 Å². The minimum Gasteiger partial charge on any atom is -0.397 e. The highest BCUT2D eigenvalue weighted by atomic mass is 79.9. The predicted octanol–water partition coefficient (Wildman–Crippen LogP) is 3.97. The van der Waals surface area contributed by atoms with Gasteiger partial charge in [0, 0.05) is 6.04 Å². The fourth-order valence-electron chi connectivity index (χ4n) is 1.76. The van der Waals surface area contributed by atoms with E-state index in [1.165, 1.54) is 6.42 Å². The first-order valence-electron chi connectivity index (χ1n) is 6.12. The number of pyridine rings is 1. The number of rotatable bonds is 5. The number of hydrogen-bond donors (Lipinski definition) is 2. The molecule has 1 aromatic rings. The van der Waals surface area contributed by atoms with Crippen LogP contribution in [-0.4, -0.2) is 11.0 Å². The Morgan fingerprint density at radius 3 is 2.71 bits per heavy atom. The largest absolute Gasteiger partial charge is 0.397 e. The summed E-state index contributed by atoms with van der Waals surface area (Å²) in [6.07, 6.45) is 4.06. The van der Waals surface area contributed by atoms with Gasteiger partial charge < -0.3 is 11.1 Å². The van der Waals surface area contributed by atoms with Crippen molar-refractivity contribution in [3.05, 3.63) is 16.2 Å². The van der Waals surface area contributed by atoms with Gasteiger partial charge in [-0.25, -0.2) is 4.98 Å². The molecule has 0 fully saturated rings. The molecule has 2 atom stereocenters. The normalized spacial score (nSPS) is 14.4. The lowest BCUT2D eigenvalue weighted by Crippen LogP contribution is -2.19. The van der Waals surface area contributed by atoms with Crippen molar-refractivity contribution in [3.63, 3.8) is 0 Å². The summed E-state index contributed by atoms with van der Waals surface area (Å²) >= 11 is 3.54. The van der Waals surface area contributed by atoms with Crippen molar-refractivity contribution in [1.29, 1.82) is 0 Å². The second-order valence-electron chi connectivity index (χ2n) is 4.80. The number of halogens is 1. The average molecular weight is 300 g/mol. The Kier molecular flexibility index (Phi) is 5.25. The zero-order valence-electron chi connectivity index (χ0n) is 11.0. The molecule has 0 radical (unpaired) electrons. The van der Waals surface area contributed by atoms with Crippen molar-refractivity contribution in [1.82, 2.24) is 4.98 Å². The van der Waals surface area contributed by atoms with Crippen molar-refractivity contribution >= 4 is 27.4 Å². The van der Waals surface area contributed by atoms with E-state index < -0.39 is 0 Å². The lowest BCUT2D eigenvalue weighted by atomic mass is 10.0. The van der Waals surface area contributed by atoms with Gasteiger partial charge in [-0.1, -0.05) is 20.3 Å². The maximum absolute atomic E-state index is 5.80. The second-order valence-corrected chi connectivity index (χ2v) is 5.59. The molecule has 2 unspecified atom stereocenters. The number of aromatic nitrogens is 1. The number of nitrogens with one attached hydrogen (secondary N) is 1. The van der Waals surface area contributed by atoms with Crippen molar-refractivity contribution in [2.45, 2.75) is 46.6 Å². The third-order valence-electron chi connectivity index (χ3n) is 3.14. The van der Waals surface area contributed by atoms with Gasteiger partial charge in [0.25, 0.3) is 0 Å². The van der Waals surface area contributed by atoms with Gasteiger partial charge >= 0.3 is 0 Å². The SMILES string of the molecule is CCC(C)CC(C)Nc1ncc(N)c(C)c1Br. The maximum Gasteiger partial charge on any atom is 0.140 e. The molecule has 0 spiro atoms. The quantitative estimate of drug-likeness (QED) is 0.865. The van der Waals surface area contributed by atoms with E-state index in [0.717, 1.165) is 33.9 Å². The number of nitrogens with zero attached hydrogens (tertiary/aromatic N) is 1. The van der Waals surface area contributed by atoms with Crippen molar-refractivity contribution in [2.75, 3.05) is 11.1 Å². The van der Waals surface area contributed by atoms with Gasteiger partial charge in [0.1, 0.15) is 5.82 Å². The molecule has 3 nitrogen and oxygen atoms in total. The molecule has 1 aromatic heterocycles. The highest BCUT2D eigenvalue weighted by molar-refractivity contribution is 9.10. The van der Waals surface area contributed by atoms with E-state index in [2.05, 4.69) is 47.0 Å². The van der Waals surface area contributed by atoms with E-state index in [4.69, 9.17) is 5.73 Å². The van der Waals surface area contributed by atoms with Crippen molar-refractivity contribution in [3.8, 4) is 0 Å². The summed E-state index contributed by atoms with van der Waals surface area (Å²) in [6, 6.07) is 0.414. The Bertz CT molecular complexity index is 379. The van der Waals surface area contributed by atoms with Crippen LogP contribution >= 0.6 is 15.9 Å². The van der Waals surface area contributed by atoms with E-state index in [0.29, 0.717) is 6.04 Å². The number of nitrogen functional groups attached to an aromatic ring is 1. The van der Waals surface area contributed by atoms with Gasteiger partial charge in [0.15, 0.2) is 0 Å². The molecule has 0 aliphatic carbocycles. The molecule has 0 bridgehead atoms. The summed E-state index contributed by atoms with van der Waals surface area (Å²) in [5, 5.41) is 3.43. The van der Waals surface area contributed by atoms with Crippen LogP contribution in [0.15, 0.2) is 10.7 Å². The van der Waals surface area contributed by atoms with Gasteiger partial charge in [0.05, 0.1) is 16.4 Å². The minimum absolute atomic E-state index is 0.414. The molecule has 0 aliphatic heterocycles.